The van der Waals surface area contributed by atoms with E-state index in [4.69, 9.17) is 0 Å². The Labute approximate surface area is 141 Å². The Hall–Kier alpha value is -2.67. The number of hydrogen-bond donors (Lipinski definition) is 2. The van der Waals surface area contributed by atoms with E-state index in [0.717, 1.165) is 35.6 Å². The molecule has 0 atom stereocenters. The van der Waals surface area contributed by atoms with Gasteiger partial charge >= 0.3 is 0 Å². The van der Waals surface area contributed by atoms with Crippen molar-refractivity contribution in [1.82, 2.24) is 24.6 Å². The third-order valence-corrected chi connectivity index (χ3v) is 3.72. The van der Waals surface area contributed by atoms with Gasteiger partial charge in [0, 0.05) is 25.8 Å². The van der Waals surface area contributed by atoms with Crippen LogP contribution < -0.4 is 10.6 Å². The van der Waals surface area contributed by atoms with Crippen LogP contribution in [0.3, 0.4) is 0 Å². The third kappa shape index (κ3) is 3.62. The van der Waals surface area contributed by atoms with Gasteiger partial charge in [0.1, 0.15) is 5.82 Å². The van der Waals surface area contributed by atoms with Crippen LogP contribution in [0.25, 0.3) is 11.0 Å². The molecule has 0 fully saturated rings. The van der Waals surface area contributed by atoms with Crippen molar-refractivity contribution < 1.29 is 0 Å². The second-order valence-corrected chi connectivity index (χ2v) is 6.13. The number of fused-ring (bicyclic) bond motifs is 1. The summed E-state index contributed by atoms with van der Waals surface area (Å²) in [5.74, 6) is 1.36. The smallest absolute Gasteiger partial charge is 0.226 e. The summed E-state index contributed by atoms with van der Waals surface area (Å²) in [4.78, 5) is 11.3. The van der Waals surface area contributed by atoms with Gasteiger partial charge in [-0.1, -0.05) is 12.1 Å². The molecule has 0 aliphatic carbocycles. The Morgan fingerprint density at radius 1 is 1.21 bits per heavy atom. The second-order valence-electron chi connectivity index (χ2n) is 6.13. The minimum Gasteiger partial charge on any atom is -0.353 e. The van der Waals surface area contributed by atoms with E-state index in [9.17, 15) is 0 Å². The second kappa shape index (κ2) is 6.84. The highest BCUT2D eigenvalue weighted by atomic mass is 15.3. The molecule has 0 bridgehead atoms. The minimum atomic E-state index is 0.600. The van der Waals surface area contributed by atoms with Crippen LogP contribution in [0.1, 0.15) is 5.56 Å². The van der Waals surface area contributed by atoms with Crippen molar-refractivity contribution in [2.45, 2.75) is 6.92 Å². The van der Waals surface area contributed by atoms with Crippen LogP contribution in [0.15, 0.2) is 30.5 Å². The van der Waals surface area contributed by atoms with Crippen LogP contribution in [0.5, 0.6) is 0 Å². The van der Waals surface area contributed by atoms with Gasteiger partial charge < -0.3 is 15.5 Å². The number of nitrogens with zero attached hydrogens (tertiary/aromatic N) is 5. The van der Waals surface area contributed by atoms with Crippen molar-refractivity contribution >= 4 is 28.5 Å². The SMILES string of the molecule is Cc1cccc(Nc2nc(NCCN(C)C)nc3c2cnn3C)c1. The predicted molar refractivity (Wildman–Crippen MR) is 97.8 cm³/mol. The van der Waals surface area contributed by atoms with Crippen LogP contribution in [0, 0.1) is 6.92 Å². The van der Waals surface area contributed by atoms with E-state index < -0.39 is 0 Å². The van der Waals surface area contributed by atoms with Crippen LogP contribution in [0.2, 0.25) is 0 Å². The molecule has 126 valence electrons. The largest absolute Gasteiger partial charge is 0.353 e. The van der Waals surface area contributed by atoms with E-state index in [1.165, 1.54) is 5.56 Å². The zero-order chi connectivity index (χ0) is 17.1. The molecule has 0 aliphatic heterocycles. The van der Waals surface area contributed by atoms with Gasteiger partial charge in [0.05, 0.1) is 11.6 Å². The lowest BCUT2D eigenvalue weighted by molar-refractivity contribution is 0.425. The number of likely N-dealkylation sites (N-methyl/N-ethyl adjacent to an activating group) is 1. The number of nitrogens with one attached hydrogen (secondary N) is 2. The molecular formula is C17H23N7. The van der Waals surface area contributed by atoms with E-state index in [1.54, 1.807) is 10.9 Å². The Balaban J connectivity index is 1.92. The zero-order valence-electron chi connectivity index (χ0n) is 14.5. The van der Waals surface area contributed by atoms with E-state index in [-0.39, 0.29) is 0 Å². The minimum absolute atomic E-state index is 0.600. The molecule has 2 heterocycles. The lowest BCUT2D eigenvalue weighted by Gasteiger charge is -2.12. The van der Waals surface area contributed by atoms with Gasteiger partial charge in [-0.25, -0.2) is 0 Å². The zero-order valence-corrected chi connectivity index (χ0v) is 14.5. The first-order valence-electron chi connectivity index (χ1n) is 7.95. The van der Waals surface area contributed by atoms with E-state index in [2.05, 4.69) is 49.7 Å². The molecule has 0 spiro atoms. The number of benzene rings is 1. The van der Waals surface area contributed by atoms with Gasteiger partial charge in [-0.2, -0.15) is 15.1 Å². The van der Waals surface area contributed by atoms with E-state index in [1.807, 2.05) is 33.3 Å². The lowest BCUT2D eigenvalue weighted by atomic mass is 10.2. The Kier molecular flexibility index (Phi) is 4.61. The first kappa shape index (κ1) is 16.2. The lowest BCUT2D eigenvalue weighted by Crippen LogP contribution is -2.21. The molecule has 0 saturated carbocycles. The maximum absolute atomic E-state index is 4.63. The number of aromatic nitrogens is 4. The highest BCUT2D eigenvalue weighted by Crippen LogP contribution is 2.25. The number of hydrogen-bond acceptors (Lipinski definition) is 6. The molecular weight excluding hydrogens is 302 g/mol. The molecule has 2 aromatic heterocycles. The van der Waals surface area contributed by atoms with Crippen LogP contribution in [0.4, 0.5) is 17.5 Å². The molecule has 0 aliphatic rings. The van der Waals surface area contributed by atoms with Gasteiger partial charge in [0.15, 0.2) is 5.65 Å². The number of rotatable bonds is 6. The Bertz CT molecular complexity index is 838. The van der Waals surface area contributed by atoms with Gasteiger partial charge in [-0.05, 0) is 38.7 Å². The summed E-state index contributed by atoms with van der Waals surface area (Å²) in [5.41, 5.74) is 2.99. The predicted octanol–water partition coefficient (Wildman–Crippen LogP) is 2.39. The highest BCUT2D eigenvalue weighted by molar-refractivity contribution is 5.89. The molecule has 3 rings (SSSR count). The fourth-order valence-electron chi connectivity index (χ4n) is 2.45. The van der Waals surface area contributed by atoms with Gasteiger partial charge in [-0.15, -0.1) is 0 Å². The molecule has 7 heteroatoms. The summed E-state index contributed by atoms with van der Waals surface area (Å²) in [7, 11) is 5.96. The molecule has 0 radical (unpaired) electrons. The van der Waals surface area contributed by atoms with Crippen LogP contribution in [-0.2, 0) is 7.05 Å². The summed E-state index contributed by atoms with van der Waals surface area (Å²) < 4.78 is 1.76. The van der Waals surface area contributed by atoms with Crippen molar-refractivity contribution in [3.63, 3.8) is 0 Å². The van der Waals surface area contributed by atoms with E-state index in [0.29, 0.717) is 5.95 Å². The van der Waals surface area contributed by atoms with E-state index >= 15 is 0 Å². The van der Waals surface area contributed by atoms with Crippen molar-refractivity contribution in [3.8, 4) is 0 Å². The van der Waals surface area contributed by atoms with Crippen LogP contribution >= 0.6 is 0 Å². The van der Waals surface area contributed by atoms with Crippen molar-refractivity contribution in [2.75, 3.05) is 37.8 Å². The summed E-state index contributed by atoms with van der Waals surface area (Å²) in [6, 6.07) is 8.20. The first-order valence-corrected chi connectivity index (χ1v) is 7.95. The summed E-state index contributed by atoms with van der Waals surface area (Å²) in [5, 5.41) is 11.9. The fraction of sp³-hybridized carbons (Fsp3) is 0.353. The Morgan fingerprint density at radius 2 is 2.04 bits per heavy atom. The number of aryl methyl sites for hydroxylation is 2. The number of anilines is 3. The average Bonchev–Trinajstić information content (AvgIpc) is 2.89. The van der Waals surface area contributed by atoms with Crippen molar-refractivity contribution in [3.05, 3.63) is 36.0 Å². The highest BCUT2D eigenvalue weighted by Gasteiger charge is 2.12. The maximum Gasteiger partial charge on any atom is 0.226 e. The molecule has 24 heavy (non-hydrogen) atoms. The molecule has 1 aromatic carbocycles. The molecule has 7 nitrogen and oxygen atoms in total. The molecule has 0 saturated heterocycles. The fourth-order valence-corrected chi connectivity index (χ4v) is 2.45. The monoisotopic (exact) mass is 325 g/mol. The quantitative estimate of drug-likeness (QED) is 0.725. The first-order chi connectivity index (χ1) is 11.5. The van der Waals surface area contributed by atoms with Crippen molar-refractivity contribution in [2.24, 2.45) is 7.05 Å². The summed E-state index contributed by atoms with van der Waals surface area (Å²) >= 11 is 0. The topological polar surface area (TPSA) is 70.9 Å². The summed E-state index contributed by atoms with van der Waals surface area (Å²) in [6.07, 6.45) is 1.79. The standard InChI is InChI=1S/C17H23N7/c1-12-6-5-7-13(10-12)20-15-14-11-19-24(4)16(14)22-17(21-15)18-8-9-23(2)3/h5-7,10-11H,8-9H2,1-4H3,(H2,18,20,21,22). The Morgan fingerprint density at radius 3 is 2.79 bits per heavy atom. The van der Waals surface area contributed by atoms with Crippen molar-refractivity contribution in [1.29, 1.82) is 0 Å². The van der Waals surface area contributed by atoms with Crippen LogP contribution in [-0.4, -0.2) is 51.8 Å². The average molecular weight is 325 g/mol. The molecule has 3 aromatic rings. The van der Waals surface area contributed by atoms with Gasteiger partial charge in [0.25, 0.3) is 0 Å². The normalized spacial score (nSPS) is 11.2. The third-order valence-electron chi connectivity index (χ3n) is 3.72. The molecule has 0 unspecified atom stereocenters. The maximum atomic E-state index is 4.63. The van der Waals surface area contributed by atoms with Gasteiger partial charge in [-0.3, -0.25) is 4.68 Å². The molecule has 0 amide bonds. The summed E-state index contributed by atoms with van der Waals surface area (Å²) in [6.45, 7) is 3.76. The van der Waals surface area contributed by atoms with Gasteiger partial charge in [0.2, 0.25) is 5.95 Å². The molecule has 2 N–H and O–H groups in total.